The lowest BCUT2D eigenvalue weighted by atomic mass is 10.0. The van der Waals surface area contributed by atoms with Crippen molar-refractivity contribution in [3.63, 3.8) is 0 Å². The summed E-state index contributed by atoms with van der Waals surface area (Å²) in [6.45, 7) is 0. The minimum Gasteiger partial charge on any atom is -0.494 e. The number of nitrogens with one attached hydrogen (secondary N) is 1. The highest BCUT2D eigenvalue weighted by Gasteiger charge is 2.05. The molecule has 0 spiro atoms. The Labute approximate surface area is 104 Å². The van der Waals surface area contributed by atoms with E-state index in [4.69, 9.17) is 4.74 Å². The highest BCUT2D eigenvalue weighted by atomic mass is 19.1. The third-order valence-corrected chi connectivity index (χ3v) is 2.57. The number of benzene rings is 2. The minimum atomic E-state index is -0.413. The number of carbonyl (C=O) groups is 1. The summed E-state index contributed by atoms with van der Waals surface area (Å²) in [6.07, 6.45) is 0.605. The molecule has 2 aromatic rings. The van der Waals surface area contributed by atoms with Gasteiger partial charge >= 0.3 is 0 Å². The maximum Gasteiger partial charge on any atom is 0.211 e. The zero-order chi connectivity index (χ0) is 13.0. The van der Waals surface area contributed by atoms with E-state index in [1.807, 2.05) is 6.07 Å². The molecule has 0 aliphatic heterocycles. The topological polar surface area (TPSA) is 38.3 Å². The van der Waals surface area contributed by atoms with Gasteiger partial charge in [0.15, 0.2) is 11.6 Å². The van der Waals surface area contributed by atoms with E-state index in [2.05, 4.69) is 5.32 Å². The van der Waals surface area contributed by atoms with E-state index < -0.39 is 5.82 Å². The van der Waals surface area contributed by atoms with Crippen LogP contribution in [0.2, 0.25) is 0 Å². The number of rotatable bonds is 4. The first-order chi connectivity index (χ1) is 8.74. The monoisotopic (exact) mass is 245 g/mol. The molecular formula is C14H12FNO2. The molecule has 1 N–H and O–H groups in total. The second-order valence-corrected chi connectivity index (χ2v) is 3.69. The van der Waals surface area contributed by atoms with Crippen molar-refractivity contribution in [2.75, 3.05) is 12.4 Å². The molecule has 3 nitrogen and oxygen atoms in total. The Balaban J connectivity index is 2.38. The second kappa shape index (κ2) is 5.31. The Morgan fingerprint density at radius 3 is 2.61 bits per heavy atom. The van der Waals surface area contributed by atoms with Crippen LogP contribution in [-0.2, 0) is 4.79 Å². The molecule has 92 valence electrons. The van der Waals surface area contributed by atoms with Crippen LogP contribution in [-0.4, -0.2) is 13.5 Å². The molecule has 0 aromatic heterocycles. The van der Waals surface area contributed by atoms with Crippen molar-refractivity contribution in [1.82, 2.24) is 0 Å². The Hall–Kier alpha value is -2.36. The lowest BCUT2D eigenvalue weighted by Crippen LogP contribution is -1.93. The summed E-state index contributed by atoms with van der Waals surface area (Å²) in [4.78, 5) is 10.4. The third-order valence-electron chi connectivity index (χ3n) is 2.57. The molecule has 4 heteroatoms. The fourth-order valence-corrected chi connectivity index (χ4v) is 1.70. The van der Waals surface area contributed by atoms with Crippen molar-refractivity contribution in [3.05, 3.63) is 48.3 Å². The lowest BCUT2D eigenvalue weighted by Gasteiger charge is -2.07. The number of methoxy groups -OCH3 is 1. The van der Waals surface area contributed by atoms with Crippen molar-refractivity contribution >= 4 is 12.1 Å². The Morgan fingerprint density at radius 1 is 1.17 bits per heavy atom. The lowest BCUT2D eigenvalue weighted by molar-refractivity contribution is -0.105. The molecule has 1 amide bonds. The van der Waals surface area contributed by atoms with E-state index in [0.717, 1.165) is 11.1 Å². The van der Waals surface area contributed by atoms with E-state index in [9.17, 15) is 9.18 Å². The van der Waals surface area contributed by atoms with E-state index in [0.29, 0.717) is 12.1 Å². The van der Waals surface area contributed by atoms with Crippen molar-refractivity contribution in [2.45, 2.75) is 0 Å². The molecule has 0 aliphatic rings. The highest BCUT2D eigenvalue weighted by molar-refractivity contribution is 5.76. The average Bonchev–Trinajstić information content (AvgIpc) is 2.39. The van der Waals surface area contributed by atoms with Crippen LogP contribution in [0.15, 0.2) is 42.5 Å². The predicted octanol–water partition coefficient (Wildman–Crippen LogP) is 3.07. The first-order valence-electron chi connectivity index (χ1n) is 5.39. The second-order valence-electron chi connectivity index (χ2n) is 3.69. The van der Waals surface area contributed by atoms with Crippen LogP contribution in [0.5, 0.6) is 5.75 Å². The minimum absolute atomic E-state index is 0.209. The van der Waals surface area contributed by atoms with Gasteiger partial charge in [-0.2, -0.15) is 0 Å². The van der Waals surface area contributed by atoms with Gasteiger partial charge in [-0.15, -0.1) is 0 Å². The van der Waals surface area contributed by atoms with Gasteiger partial charge in [-0.05, 0) is 35.4 Å². The highest BCUT2D eigenvalue weighted by Crippen LogP contribution is 2.27. The molecule has 0 fully saturated rings. The van der Waals surface area contributed by atoms with Gasteiger partial charge in [0.05, 0.1) is 7.11 Å². The number of amides is 1. The van der Waals surface area contributed by atoms with Gasteiger partial charge in [-0.1, -0.05) is 18.2 Å². The Bertz CT molecular complexity index is 569. The maximum absolute atomic E-state index is 13.6. The summed E-state index contributed by atoms with van der Waals surface area (Å²) < 4.78 is 18.5. The molecule has 0 aliphatic carbocycles. The van der Waals surface area contributed by atoms with Crippen LogP contribution in [0, 0.1) is 5.82 Å². The van der Waals surface area contributed by atoms with Gasteiger partial charge in [-0.3, -0.25) is 4.79 Å². The summed E-state index contributed by atoms with van der Waals surface area (Å²) in [7, 11) is 1.42. The zero-order valence-corrected chi connectivity index (χ0v) is 9.81. The van der Waals surface area contributed by atoms with Crippen LogP contribution >= 0.6 is 0 Å². The van der Waals surface area contributed by atoms with Gasteiger partial charge < -0.3 is 10.1 Å². The fraction of sp³-hybridized carbons (Fsp3) is 0.0714. The summed E-state index contributed by atoms with van der Waals surface area (Å²) in [6, 6.07) is 11.9. The largest absolute Gasteiger partial charge is 0.494 e. The quantitative estimate of drug-likeness (QED) is 0.841. The van der Waals surface area contributed by atoms with Crippen LogP contribution < -0.4 is 10.1 Å². The molecule has 2 rings (SSSR count). The number of hydrogen-bond acceptors (Lipinski definition) is 2. The van der Waals surface area contributed by atoms with Crippen LogP contribution in [0.3, 0.4) is 0 Å². The molecule has 0 radical (unpaired) electrons. The molecule has 18 heavy (non-hydrogen) atoms. The van der Waals surface area contributed by atoms with Crippen LogP contribution in [0.1, 0.15) is 0 Å². The van der Waals surface area contributed by atoms with Crippen molar-refractivity contribution in [3.8, 4) is 16.9 Å². The number of halogens is 1. The van der Waals surface area contributed by atoms with E-state index >= 15 is 0 Å². The smallest absolute Gasteiger partial charge is 0.211 e. The molecule has 0 unspecified atom stereocenters. The SMILES string of the molecule is COc1ccc(-c2cccc(NC=O)c2)cc1F. The molecule has 0 bridgehead atoms. The van der Waals surface area contributed by atoms with Gasteiger partial charge in [0, 0.05) is 5.69 Å². The van der Waals surface area contributed by atoms with Crippen LogP contribution in [0.4, 0.5) is 10.1 Å². The summed E-state index contributed by atoms with van der Waals surface area (Å²) in [5.74, 6) is -0.204. The first-order valence-corrected chi connectivity index (χ1v) is 5.39. The fourth-order valence-electron chi connectivity index (χ4n) is 1.70. The standard InChI is InChI=1S/C14H12FNO2/c1-18-14-6-5-11(8-13(14)15)10-3-2-4-12(7-10)16-9-17/h2-9H,1H3,(H,16,17). The van der Waals surface area contributed by atoms with Gasteiger partial charge in [-0.25, -0.2) is 4.39 Å². The number of hydrogen-bond donors (Lipinski definition) is 1. The molecule has 0 atom stereocenters. The first kappa shape index (κ1) is 12.1. The Kier molecular flexibility index (Phi) is 3.57. The Morgan fingerprint density at radius 2 is 1.94 bits per heavy atom. The molecule has 2 aromatic carbocycles. The van der Waals surface area contributed by atoms with E-state index in [1.54, 1.807) is 30.3 Å². The summed E-state index contributed by atoms with van der Waals surface area (Å²) in [5, 5.41) is 2.56. The zero-order valence-electron chi connectivity index (χ0n) is 9.81. The average molecular weight is 245 g/mol. The third kappa shape index (κ3) is 2.48. The van der Waals surface area contributed by atoms with E-state index in [1.165, 1.54) is 13.2 Å². The maximum atomic E-state index is 13.6. The van der Waals surface area contributed by atoms with Crippen molar-refractivity contribution in [2.24, 2.45) is 0 Å². The number of carbonyl (C=O) groups excluding carboxylic acids is 1. The molecule has 0 saturated carbocycles. The van der Waals surface area contributed by atoms with Gasteiger partial charge in [0.2, 0.25) is 6.41 Å². The predicted molar refractivity (Wildman–Crippen MR) is 68.1 cm³/mol. The number of ether oxygens (including phenoxy) is 1. The van der Waals surface area contributed by atoms with Gasteiger partial charge in [0.25, 0.3) is 0 Å². The molecule has 0 saturated heterocycles. The number of anilines is 1. The van der Waals surface area contributed by atoms with Gasteiger partial charge in [0.1, 0.15) is 0 Å². The molecule has 0 heterocycles. The van der Waals surface area contributed by atoms with Crippen LogP contribution in [0.25, 0.3) is 11.1 Å². The van der Waals surface area contributed by atoms with Crippen molar-refractivity contribution in [1.29, 1.82) is 0 Å². The normalized spacial score (nSPS) is 9.89. The molecular weight excluding hydrogens is 233 g/mol. The van der Waals surface area contributed by atoms with Crippen molar-refractivity contribution < 1.29 is 13.9 Å². The van der Waals surface area contributed by atoms with E-state index in [-0.39, 0.29) is 5.75 Å². The summed E-state index contributed by atoms with van der Waals surface area (Å²) >= 11 is 0. The summed E-state index contributed by atoms with van der Waals surface area (Å²) in [5.41, 5.74) is 2.21.